The highest BCUT2D eigenvalue weighted by atomic mass is 32.2. The highest BCUT2D eigenvalue weighted by molar-refractivity contribution is 7.98. The number of hydrogen-bond acceptors (Lipinski definition) is 4. The van der Waals surface area contributed by atoms with Crippen molar-refractivity contribution in [3.05, 3.63) is 29.6 Å². The molecule has 2 aromatic rings. The Morgan fingerprint density at radius 3 is 2.47 bits per heavy atom. The summed E-state index contributed by atoms with van der Waals surface area (Å²) < 4.78 is 45.1. The van der Waals surface area contributed by atoms with Gasteiger partial charge in [-0.15, -0.1) is 11.8 Å². The van der Waals surface area contributed by atoms with Crippen molar-refractivity contribution in [3.63, 3.8) is 0 Å². The van der Waals surface area contributed by atoms with Gasteiger partial charge in [-0.2, -0.15) is 0 Å². The van der Waals surface area contributed by atoms with E-state index in [4.69, 9.17) is 5.73 Å². The van der Waals surface area contributed by atoms with Crippen LogP contribution in [0.25, 0.3) is 11.3 Å². The first-order valence-electron chi connectivity index (χ1n) is 4.48. The first kappa shape index (κ1) is 11.8. The van der Waals surface area contributed by atoms with Crippen LogP contribution in [0.15, 0.2) is 21.6 Å². The van der Waals surface area contributed by atoms with Gasteiger partial charge in [-0.25, -0.2) is 13.2 Å². The van der Waals surface area contributed by atoms with Crippen LogP contribution in [-0.2, 0) is 0 Å². The van der Waals surface area contributed by atoms with Crippen LogP contribution in [0.3, 0.4) is 0 Å². The fraction of sp³-hybridized carbons (Fsp3) is 0.100. The van der Waals surface area contributed by atoms with Crippen molar-refractivity contribution in [2.24, 2.45) is 0 Å². The molecule has 7 heteroatoms. The summed E-state index contributed by atoms with van der Waals surface area (Å²) in [5.74, 6) is -3.33. The quantitative estimate of drug-likeness (QED) is 0.666. The normalized spacial score (nSPS) is 10.8. The molecule has 0 saturated heterocycles. The summed E-state index contributed by atoms with van der Waals surface area (Å²) in [6, 6.07) is 2.05. The number of nitrogen functional groups attached to an aromatic ring is 1. The van der Waals surface area contributed by atoms with E-state index >= 15 is 0 Å². The molecule has 0 unspecified atom stereocenters. The minimum atomic E-state index is -1.24. The number of aromatic nitrogens is 1. The van der Waals surface area contributed by atoms with Crippen molar-refractivity contribution in [1.82, 2.24) is 5.16 Å². The highest BCUT2D eigenvalue weighted by Gasteiger charge is 2.20. The number of anilines is 1. The van der Waals surface area contributed by atoms with Crippen LogP contribution in [0, 0.1) is 17.5 Å². The molecule has 0 aliphatic rings. The molecule has 0 fully saturated rings. The molecule has 0 saturated carbocycles. The number of hydrogen-bond donors (Lipinski definition) is 1. The van der Waals surface area contributed by atoms with Crippen molar-refractivity contribution in [2.75, 3.05) is 12.0 Å². The number of rotatable bonds is 2. The molecule has 1 aromatic heterocycles. The predicted octanol–water partition coefficient (Wildman–Crippen LogP) is 3.06. The highest BCUT2D eigenvalue weighted by Crippen LogP contribution is 2.32. The Balaban J connectivity index is 2.64. The zero-order valence-electron chi connectivity index (χ0n) is 8.63. The summed E-state index contributed by atoms with van der Waals surface area (Å²) >= 11 is 0.787. The maximum atomic E-state index is 13.6. The largest absolute Gasteiger partial charge is 0.368 e. The zero-order chi connectivity index (χ0) is 12.6. The third-order valence-corrected chi connectivity index (χ3v) is 2.91. The van der Waals surface area contributed by atoms with E-state index in [0.717, 1.165) is 17.8 Å². The lowest BCUT2D eigenvalue weighted by Crippen LogP contribution is -1.96. The van der Waals surface area contributed by atoms with Crippen LogP contribution in [-0.4, -0.2) is 11.4 Å². The van der Waals surface area contributed by atoms with Gasteiger partial charge in [0.2, 0.25) is 5.88 Å². The molecule has 0 radical (unpaired) electrons. The minimum Gasteiger partial charge on any atom is -0.368 e. The maximum Gasteiger partial charge on any atom is 0.222 e. The molecule has 1 heterocycles. The maximum absolute atomic E-state index is 13.6. The van der Waals surface area contributed by atoms with Gasteiger partial charge in [0.1, 0.15) is 11.5 Å². The van der Waals surface area contributed by atoms with Crippen molar-refractivity contribution >= 4 is 17.6 Å². The number of nitrogens with zero attached hydrogens (tertiary/aromatic N) is 1. The van der Waals surface area contributed by atoms with Gasteiger partial charge < -0.3 is 10.3 Å². The van der Waals surface area contributed by atoms with Gasteiger partial charge in [0.05, 0.1) is 4.90 Å². The summed E-state index contributed by atoms with van der Waals surface area (Å²) in [5, 5.41) is 3.40. The third kappa shape index (κ3) is 1.97. The van der Waals surface area contributed by atoms with E-state index in [0.29, 0.717) is 0 Å². The second kappa shape index (κ2) is 4.33. The molecule has 2 rings (SSSR count). The van der Waals surface area contributed by atoms with E-state index in [-0.39, 0.29) is 22.0 Å². The molecular weight excluding hydrogens is 253 g/mol. The molecular formula is C10H7F3N2OS. The molecule has 0 atom stereocenters. The van der Waals surface area contributed by atoms with E-state index < -0.39 is 17.5 Å². The standard InChI is InChI=1S/C10H7F3N2OS/c1-17-10-5(11)2-4(8(12)9(10)13)6-3-7(14)16-15-6/h2-3H,14H2,1H3. The van der Waals surface area contributed by atoms with Gasteiger partial charge in [-0.1, -0.05) is 5.16 Å². The van der Waals surface area contributed by atoms with Crippen molar-refractivity contribution < 1.29 is 17.7 Å². The monoisotopic (exact) mass is 260 g/mol. The molecule has 90 valence electrons. The van der Waals surface area contributed by atoms with Crippen LogP contribution in [0.4, 0.5) is 19.1 Å². The number of halogens is 3. The van der Waals surface area contributed by atoms with E-state index in [1.165, 1.54) is 12.3 Å². The number of thioether (sulfide) groups is 1. The summed E-state index contributed by atoms with van der Waals surface area (Å²) in [7, 11) is 0. The van der Waals surface area contributed by atoms with Gasteiger partial charge >= 0.3 is 0 Å². The first-order valence-corrected chi connectivity index (χ1v) is 5.71. The van der Waals surface area contributed by atoms with Crippen molar-refractivity contribution in [1.29, 1.82) is 0 Å². The predicted molar refractivity (Wildman–Crippen MR) is 58.0 cm³/mol. The summed E-state index contributed by atoms with van der Waals surface area (Å²) in [6.45, 7) is 0. The lowest BCUT2D eigenvalue weighted by atomic mass is 10.1. The Labute approximate surface area is 98.8 Å². The zero-order valence-corrected chi connectivity index (χ0v) is 9.45. The van der Waals surface area contributed by atoms with Crippen molar-refractivity contribution in [3.8, 4) is 11.3 Å². The summed E-state index contributed by atoms with van der Waals surface area (Å²) in [4.78, 5) is -0.372. The van der Waals surface area contributed by atoms with Crippen LogP contribution in [0.2, 0.25) is 0 Å². The van der Waals surface area contributed by atoms with Gasteiger partial charge in [-0.3, -0.25) is 0 Å². The average molecular weight is 260 g/mol. The van der Waals surface area contributed by atoms with E-state index in [1.54, 1.807) is 0 Å². The Morgan fingerprint density at radius 2 is 1.94 bits per heavy atom. The molecule has 0 amide bonds. The number of benzene rings is 1. The van der Waals surface area contributed by atoms with Crippen LogP contribution < -0.4 is 5.73 Å². The second-order valence-corrected chi connectivity index (χ2v) is 4.00. The molecule has 0 spiro atoms. The van der Waals surface area contributed by atoms with Gasteiger partial charge in [0.25, 0.3) is 0 Å². The van der Waals surface area contributed by atoms with E-state index in [2.05, 4.69) is 9.68 Å². The topological polar surface area (TPSA) is 52.0 Å². The SMILES string of the molecule is CSc1c(F)cc(-c2cc(N)on2)c(F)c1F. The molecule has 3 nitrogen and oxygen atoms in total. The average Bonchev–Trinajstić information content (AvgIpc) is 2.71. The van der Waals surface area contributed by atoms with E-state index in [9.17, 15) is 13.2 Å². The van der Waals surface area contributed by atoms with E-state index in [1.807, 2.05) is 0 Å². The molecule has 0 bridgehead atoms. The number of nitrogens with two attached hydrogens (primary N) is 1. The molecule has 0 aliphatic carbocycles. The Kier molecular flexibility index (Phi) is 3.01. The van der Waals surface area contributed by atoms with Gasteiger partial charge in [-0.05, 0) is 12.3 Å². The second-order valence-electron chi connectivity index (χ2n) is 3.18. The van der Waals surface area contributed by atoms with Crippen LogP contribution >= 0.6 is 11.8 Å². The first-order chi connectivity index (χ1) is 8.04. The smallest absolute Gasteiger partial charge is 0.222 e. The Hall–Kier alpha value is -1.63. The molecule has 2 N–H and O–H groups in total. The van der Waals surface area contributed by atoms with Gasteiger partial charge in [0.15, 0.2) is 11.6 Å². The van der Waals surface area contributed by atoms with Crippen molar-refractivity contribution in [2.45, 2.75) is 4.90 Å². The fourth-order valence-electron chi connectivity index (χ4n) is 1.37. The summed E-state index contributed by atoms with van der Waals surface area (Å²) in [5.41, 5.74) is 4.88. The Morgan fingerprint density at radius 1 is 1.24 bits per heavy atom. The molecule has 0 aliphatic heterocycles. The Bertz CT molecular complexity index is 571. The lowest BCUT2D eigenvalue weighted by Gasteiger charge is -2.05. The third-order valence-electron chi connectivity index (χ3n) is 2.12. The minimum absolute atomic E-state index is 0.0505. The molecule has 17 heavy (non-hydrogen) atoms. The molecule has 1 aromatic carbocycles. The lowest BCUT2D eigenvalue weighted by molar-refractivity contribution is 0.436. The fourth-order valence-corrected chi connectivity index (χ4v) is 1.89. The van der Waals surface area contributed by atoms with Gasteiger partial charge in [0, 0.05) is 11.6 Å². The van der Waals surface area contributed by atoms with Crippen LogP contribution in [0.1, 0.15) is 0 Å². The van der Waals surface area contributed by atoms with Crippen LogP contribution in [0.5, 0.6) is 0 Å². The summed E-state index contributed by atoms with van der Waals surface area (Å²) in [6.07, 6.45) is 1.45.